The Kier molecular flexibility index (Phi) is 6.61. The van der Waals surface area contributed by atoms with Gasteiger partial charge in [0.25, 0.3) is 0 Å². The van der Waals surface area contributed by atoms with Crippen molar-refractivity contribution in [3.8, 4) is 0 Å². The summed E-state index contributed by atoms with van der Waals surface area (Å²) in [7, 11) is 0. The summed E-state index contributed by atoms with van der Waals surface area (Å²) in [6, 6.07) is 0. The van der Waals surface area contributed by atoms with Crippen LogP contribution in [0, 0.1) is 0 Å². The largest absolute Gasteiger partial charge is 0.461 e. The SMILES string of the molecule is CCOC(=O)/C(=N/OCC=C(Cl)Cl)c1csc(N)n1. The topological polar surface area (TPSA) is 86.8 Å². The average Bonchev–Trinajstić information content (AvgIpc) is 2.75. The third-order valence-electron chi connectivity index (χ3n) is 1.70. The molecule has 19 heavy (non-hydrogen) atoms. The smallest absolute Gasteiger partial charge is 0.362 e. The Hall–Kier alpha value is -1.31. The fourth-order valence-corrected chi connectivity index (χ4v) is 1.66. The van der Waals surface area contributed by atoms with E-state index >= 15 is 0 Å². The minimum atomic E-state index is -0.645. The predicted octanol–water partition coefficient (Wildman–Crippen LogP) is 2.33. The number of carbonyl (C=O) groups excluding carboxylic acids is 1. The van der Waals surface area contributed by atoms with Gasteiger partial charge in [-0.2, -0.15) is 0 Å². The van der Waals surface area contributed by atoms with Crippen LogP contribution in [-0.2, 0) is 14.4 Å². The summed E-state index contributed by atoms with van der Waals surface area (Å²) < 4.78 is 4.90. The molecule has 0 aliphatic heterocycles. The molecule has 0 bridgehead atoms. The van der Waals surface area contributed by atoms with Gasteiger partial charge in [-0.3, -0.25) is 0 Å². The van der Waals surface area contributed by atoms with E-state index in [0.717, 1.165) is 0 Å². The molecule has 0 atom stereocenters. The number of aromatic nitrogens is 1. The third-order valence-corrected chi connectivity index (χ3v) is 2.68. The number of ether oxygens (including phenoxy) is 1. The quantitative estimate of drug-likeness (QED) is 0.376. The molecule has 0 radical (unpaired) electrons. The zero-order chi connectivity index (χ0) is 14.3. The summed E-state index contributed by atoms with van der Waals surface area (Å²) in [6.45, 7) is 1.91. The van der Waals surface area contributed by atoms with Crippen LogP contribution in [0.2, 0.25) is 0 Å². The van der Waals surface area contributed by atoms with E-state index in [1.165, 1.54) is 17.4 Å². The first-order valence-corrected chi connectivity index (χ1v) is 6.77. The lowest BCUT2D eigenvalue weighted by Crippen LogP contribution is -2.19. The number of oxime groups is 1. The Morgan fingerprint density at radius 1 is 1.63 bits per heavy atom. The van der Waals surface area contributed by atoms with Crippen molar-refractivity contribution in [2.24, 2.45) is 5.16 Å². The van der Waals surface area contributed by atoms with Gasteiger partial charge in [-0.15, -0.1) is 11.3 Å². The summed E-state index contributed by atoms with van der Waals surface area (Å²) in [4.78, 5) is 20.6. The van der Waals surface area contributed by atoms with Crippen LogP contribution in [-0.4, -0.2) is 29.9 Å². The van der Waals surface area contributed by atoms with Crippen molar-refractivity contribution < 1.29 is 14.4 Å². The monoisotopic (exact) mass is 323 g/mol. The highest BCUT2D eigenvalue weighted by Crippen LogP contribution is 2.13. The molecule has 0 unspecified atom stereocenters. The first-order chi connectivity index (χ1) is 9.04. The number of nitrogen functional groups attached to an aromatic ring is 1. The zero-order valence-electron chi connectivity index (χ0n) is 9.93. The molecule has 0 aliphatic carbocycles. The zero-order valence-corrected chi connectivity index (χ0v) is 12.3. The van der Waals surface area contributed by atoms with Crippen molar-refractivity contribution in [1.82, 2.24) is 4.98 Å². The first-order valence-electron chi connectivity index (χ1n) is 5.14. The van der Waals surface area contributed by atoms with Crippen molar-refractivity contribution in [1.29, 1.82) is 0 Å². The van der Waals surface area contributed by atoms with E-state index < -0.39 is 5.97 Å². The van der Waals surface area contributed by atoms with Crippen LogP contribution in [0.4, 0.5) is 5.13 Å². The Labute approximate surface area is 123 Å². The lowest BCUT2D eigenvalue weighted by atomic mass is 10.3. The second-order valence-corrected chi connectivity index (χ2v) is 4.92. The molecule has 0 saturated carbocycles. The maximum absolute atomic E-state index is 11.7. The number of nitrogens with zero attached hydrogens (tertiary/aromatic N) is 2. The van der Waals surface area contributed by atoms with Crippen molar-refractivity contribution in [2.75, 3.05) is 18.9 Å². The third kappa shape index (κ3) is 5.46. The molecule has 0 fully saturated rings. The summed E-state index contributed by atoms with van der Waals surface area (Å²) in [5, 5.41) is 5.56. The number of hydrogen-bond acceptors (Lipinski definition) is 7. The lowest BCUT2D eigenvalue weighted by molar-refractivity contribution is -0.135. The Balaban J connectivity index is 2.83. The van der Waals surface area contributed by atoms with Crippen LogP contribution >= 0.6 is 34.5 Å². The van der Waals surface area contributed by atoms with Gasteiger partial charge in [-0.05, 0) is 13.0 Å². The highest BCUT2D eigenvalue weighted by Gasteiger charge is 2.19. The van der Waals surface area contributed by atoms with E-state index in [1.54, 1.807) is 12.3 Å². The molecular weight excluding hydrogens is 313 g/mol. The van der Waals surface area contributed by atoms with Gasteiger partial charge in [0.1, 0.15) is 16.8 Å². The molecule has 1 aromatic heterocycles. The van der Waals surface area contributed by atoms with E-state index in [-0.39, 0.29) is 23.4 Å². The maximum atomic E-state index is 11.7. The summed E-state index contributed by atoms with van der Waals surface area (Å²) in [5.74, 6) is -0.645. The normalized spacial score (nSPS) is 11.0. The molecule has 0 spiro atoms. The van der Waals surface area contributed by atoms with Gasteiger partial charge in [-0.1, -0.05) is 28.4 Å². The number of anilines is 1. The highest BCUT2D eigenvalue weighted by molar-refractivity contribution is 7.13. The highest BCUT2D eigenvalue weighted by atomic mass is 35.5. The van der Waals surface area contributed by atoms with E-state index in [4.69, 9.17) is 38.5 Å². The second-order valence-electron chi connectivity index (χ2n) is 3.02. The molecule has 2 N–H and O–H groups in total. The fourth-order valence-electron chi connectivity index (χ4n) is 0.987. The molecule has 6 nitrogen and oxygen atoms in total. The average molecular weight is 324 g/mol. The number of esters is 1. The number of hydrogen-bond donors (Lipinski definition) is 1. The van der Waals surface area contributed by atoms with Crippen LogP contribution in [0.15, 0.2) is 21.1 Å². The van der Waals surface area contributed by atoms with Crippen LogP contribution in [0.3, 0.4) is 0 Å². The van der Waals surface area contributed by atoms with Crippen LogP contribution < -0.4 is 5.73 Å². The minimum absolute atomic E-state index is 0.0187. The fraction of sp³-hybridized carbons (Fsp3) is 0.300. The minimum Gasteiger partial charge on any atom is -0.461 e. The van der Waals surface area contributed by atoms with Crippen LogP contribution in [0.25, 0.3) is 0 Å². The number of halogens is 2. The van der Waals surface area contributed by atoms with Gasteiger partial charge in [0.05, 0.1) is 6.61 Å². The van der Waals surface area contributed by atoms with Gasteiger partial charge < -0.3 is 15.3 Å². The Morgan fingerprint density at radius 2 is 2.37 bits per heavy atom. The Bertz CT molecular complexity index is 498. The molecular formula is C10H11Cl2N3O3S. The maximum Gasteiger partial charge on any atom is 0.362 e. The molecule has 0 aliphatic rings. The number of carbonyl (C=O) groups is 1. The van der Waals surface area contributed by atoms with Crippen molar-refractivity contribution in [3.05, 3.63) is 21.6 Å². The van der Waals surface area contributed by atoms with E-state index in [0.29, 0.717) is 10.8 Å². The van der Waals surface area contributed by atoms with E-state index in [1.807, 2.05) is 0 Å². The van der Waals surface area contributed by atoms with Crippen LogP contribution in [0.5, 0.6) is 0 Å². The molecule has 1 heterocycles. The second kappa shape index (κ2) is 7.98. The molecule has 0 amide bonds. The van der Waals surface area contributed by atoms with E-state index in [9.17, 15) is 4.79 Å². The summed E-state index contributed by atoms with van der Waals surface area (Å²) >= 11 is 12.0. The van der Waals surface area contributed by atoms with E-state index in [2.05, 4.69) is 10.1 Å². The van der Waals surface area contributed by atoms with Gasteiger partial charge in [0.15, 0.2) is 5.13 Å². The standard InChI is InChI=1S/C10H11Cl2N3O3S/c1-2-17-9(16)8(6-5-19-10(13)14-6)15-18-4-3-7(11)12/h3,5H,2,4H2,1H3,(H2,13,14)/b15-8+. The number of thiazole rings is 1. The van der Waals surface area contributed by atoms with Crippen LogP contribution in [0.1, 0.15) is 12.6 Å². The number of nitrogens with two attached hydrogens (primary N) is 1. The lowest BCUT2D eigenvalue weighted by Gasteiger charge is -2.03. The van der Waals surface area contributed by atoms with Gasteiger partial charge >= 0.3 is 5.97 Å². The molecule has 0 saturated heterocycles. The number of rotatable bonds is 6. The Morgan fingerprint density at radius 3 is 2.89 bits per heavy atom. The summed E-state index contributed by atoms with van der Waals surface area (Å²) in [6.07, 6.45) is 1.38. The van der Waals surface area contributed by atoms with Crippen molar-refractivity contribution in [3.63, 3.8) is 0 Å². The molecule has 0 aromatic carbocycles. The molecule has 1 rings (SSSR count). The summed E-state index contributed by atoms with van der Waals surface area (Å²) in [5.41, 5.74) is 5.73. The molecule has 1 aromatic rings. The van der Waals surface area contributed by atoms with Gasteiger partial charge in [0.2, 0.25) is 5.71 Å². The first kappa shape index (κ1) is 15.7. The van der Waals surface area contributed by atoms with Crippen molar-refractivity contribution >= 4 is 51.4 Å². The van der Waals surface area contributed by atoms with Crippen molar-refractivity contribution in [2.45, 2.75) is 6.92 Å². The molecule has 104 valence electrons. The van der Waals surface area contributed by atoms with Gasteiger partial charge in [0, 0.05) is 5.38 Å². The van der Waals surface area contributed by atoms with Gasteiger partial charge in [-0.25, -0.2) is 9.78 Å². The predicted molar refractivity (Wildman–Crippen MR) is 75.4 cm³/mol. The molecule has 9 heteroatoms.